The standard InChI is InChI=1S/C11H11NO5/c1-17-10-4-6(2-3-9(10)12(15)16)7-5-8(7)11(13)14/h2-4,7-8H,5H2,1H3,(H,13,14). The summed E-state index contributed by atoms with van der Waals surface area (Å²) in [5.41, 5.74) is 0.670. The first-order valence-electron chi connectivity index (χ1n) is 5.09. The van der Waals surface area contributed by atoms with Crippen molar-refractivity contribution in [3.63, 3.8) is 0 Å². The van der Waals surface area contributed by atoms with Crippen LogP contribution in [0, 0.1) is 16.0 Å². The molecule has 0 radical (unpaired) electrons. The van der Waals surface area contributed by atoms with E-state index in [1.807, 2.05) is 0 Å². The number of nitro benzene ring substituents is 1. The number of benzene rings is 1. The summed E-state index contributed by atoms with van der Waals surface area (Å²) < 4.78 is 4.93. The van der Waals surface area contributed by atoms with Crippen molar-refractivity contribution in [3.8, 4) is 5.75 Å². The second kappa shape index (κ2) is 4.04. The van der Waals surface area contributed by atoms with Gasteiger partial charge in [-0.25, -0.2) is 0 Å². The smallest absolute Gasteiger partial charge is 0.310 e. The molecule has 0 bridgehead atoms. The molecule has 0 saturated heterocycles. The summed E-state index contributed by atoms with van der Waals surface area (Å²) in [5.74, 6) is -1.08. The number of aliphatic carboxylic acids is 1. The van der Waals surface area contributed by atoms with Crippen LogP contribution in [0.5, 0.6) is 5.75 Å². The minimum Gasteiger partial charge on any atom is -0.490 e. The van der Waals surface area contributed by atoms with Gasteiger partial charge in [-0.15, -0.1) is 0 Å². The number of hydrogen-bond donors (Lipinski definition) is 1. The Balaban J connectivity index is 2.27. The fourth-order valence-corrected chi connectivity index (χ4v) is 1.91. The second-order valence-electron chi connectivity index (χ2n) is 3.98. The van der Waals surface area contributed by atoms with Gasteiger partial charge < -0.3 is 9.84 Å². The Bertz CT molecular complexity index is 485. The lowest BCUT2D eigenvalue weighted by atomic mass is 10.1. The van der Waals surface area contributed by atoms with E-state index in [0.29, 0.717) is 6.42 Å². The molecular formula is C11H11NO5. The van der Waals surface area contributed by atoms with Gasteiger partial charge in [0.2, 0.25) is 0 Å². The van der Waals surface area contributed by atoms with Gasteiger partial charge in [-0.3, -0.25) is 14.9 Å². The highest BCUT2D eigenvalue weighted by Crippen LogP contribution is 2.48. The summed E-state index contributed by atoms with van der Waals surface area (Å²) in [7, 11) is 1.35. The molecule has 2 unspecified atom stereocenters. The number of ether oxygens (including phenoxy) is 1. The van der Waals surface area contributed by atoms with Crippen LogP contribution in [0.4, 0.5) is 5.69 Å². The average molecular weight is 237 g/mol. The lowest BCUT2D eigenvalue weighted by Gasteiger charge is -2.04. The number of nitro groups is 1. The first kappa shape index (κ1) is 11.4. The molecular weight excluding hydrogens is 226 g/mol. The summed E-state index contributed by atoms with van der Waals surface area (Å²) in [4.78, 5) is 20.9. The van der Waals surface area contributed by atoms with Crippen LogP contribution in [0.3, 0.4) is 0 Å². The Morgan fingerprint density at radius 3 is 2.76 bits per heavy atom. The van der Waals surface area contributed by atoms with E-state index in [4.69, 9.17) is 9.84 Å². The fourth-order valence-electron chi connectivity index (χ4n) is 1.91. The van der Waals surface area contributed by atoms with E-state index in [1.54, 1.807) is 12.1 Å². The van der Waals surface area contributed by atoms with Crippen LogP contribution in [0.2, 0.25) is 0 Å². The van der Waals surface area contributed by atoms with E-state index in [1.165, 1.54) is 13.2 Å². The highest BCUT2D eigenvalue weighted by molar-refractivity contribution is 5.75. The zero-order valence-corrected chi connectivity index (χ0v) is 9.12. The van der Waals surface area contributed by atoms with Gasteiger partial charge in [0, 0.05) is 6.07 Å². The predicted octanol–water partition coefficient (Wildman–Crippen LogP) is 1.79. The molecule has 2 rings (SSSR count). The van der Waals surface area contributed by atoms with E-state index in [-0.39, 0.29) is 23.3 Å². The summed E-state index contributed by atoms with van der Waals surface area (Å²) >= 11 is 0. The van der Waals surface area contributed by atoms with Crippen LogP contribution < -0.4 is 4.74 Å². The molecule has 1 saturated carbocycles. The zero-order chi connectivity index (χ0) is 12.6. The SMILES string of the molecule is COc1cc(C2CC2C(=O)O)ccc1[N+](=O)[O-]. The minimum atomic E-state index is -0.827. The summed E-state index contributed by atoms with van der Waals surface area (Å²) in [6, 6.07) is 4.49. The van der Waals surface area contributed by atoms with Crippen LogP contribution >= 0.6 is 0 Å². The number of carboxylic acid groups (broad SMARTS) is 1. The third-order valence-electron chi connectivity index (χ3n) is 2.94. The third-order valence-corrected chi connectivity index (χ3v) is 2.94. The van der Waals surface area contributed by atoms with E-state index < -0.39 is 10.9 Å². The van der Waals surface area contributed by atoms with Gasteiger partial charge in [-0.2, -0.15) is 0 Å². The van der Waals surface area contributed by atoms with Crippen LogP contribution in [-0.4, -0.2) is 23.1 Å². The van der Waals surface area contributed by atoms with E-state index in [0.717, 1.165) is 5.56 Å². The Morgan fingerprint density at radius 1 is 1.59 bits per heavy atom. The number of nitrogens with zero attached hydrogens (tertiary/aromatic N) is 1. The topological polar surface area (TPSA) is 89.7 Å². The molecule has 0 spiro atoms. The molecule has 1 fully saturated rings. The molecule has 0 heterocycles. The maximum absolute atomic E-state index is 10.7. The maximum Gasteiger partial charge on any atom is 0.310 e. The van der Waals surface area contributed by atoms with Crippen LogP contribution in [0.15, 0.2) is 18.2 Å². The lowest BCUT2D eigenvalue weighted by Crippen LogP contribution is -2.00. The monoisotopic (exact) mass is 237 g/mol. The van der Waals surface area contributed by atoms with Crippen LogP contribution in [0.25, 0.3) is 0 Å². The normalized spacial score (nSPS) is 21.9. The van der Waals surface area contributed by atoms with Crippen molar-refractivity contribution in [3.05, 3.63) is 33.9 Å². The molecule has 1 aromatic rings. The number of methoxy groups -OCH3 is 1. The molecule has 1 N–H and O–H groups in total. The third kappa shape index (κ3) is 2.06. The Labute approximate surface area is 97.0 Å². The first-order chi connectivity index (χ1) is 8.04. The largest absolute Gasteiger partial charge is 0.490 e. The van der Waals surface area contributed by atoms with Gasteiger partial charge in [0.1, 0.15) is 0 Å². The number of hydrogen-bond acceptors (Lipinski definition) is 4. The highest BCUT2D eigenvalue weighted by Gasteiger charge is 2.44. The zero-order valence-electron chi connectivity index (χ0n) is 9.12. The molecule has 0 aliphatic heterocycles. The molecule has 1 aliphatic carbocycles. The van der Waals surface area contributed by atoms with Crippen molar-refractivity contribution < 1.29 is 19.6 Å². The Morgan fingerprint density at radius 2 is 2.29 bits per heavy atom. The van der Waals surface area contributed by atoms with E-state index >= 15 is 0 Å². The van der Waals surface area contributed by atoms with Crippen LogP contribution in [0.1, 0.15) is 17.9 Å². The molecule has 0 amide bonds. The maximum atomic E-state index is 10.7. The van der Waals surface area contributed by atoms with Crippen molar-refractivity contribution in [1.29, 1.82) is 0 Å². The Hall–Kier alpha value is -2.11. The van der Waals surface area contributed by atoms with Crippen molar-refractivity contribution in [1.82, 2.24) is 0 Å². The Kier molecular flexibility index (Phi) is 2.71. The fraction of sp³-hybridized carbons (Fsp3) is 0.364. The van der Waals surface area contributed by atoms with E-state index in [9.17, 15) is 14.9 Å². The van der Waals surface area contributed by atoms with Gasteiger partial charge in [0.25, 0.3) is 0 Å². The molecule has 90 valence electrons. The van der Waals surface area contributed by atoms with Crippen molar-refractivity contribution in [2.24, 2.45) is 5.92 Å². The van der Waals surface area contributed by atoms with Gasteiger partial charge in [-0.05, 0) is 24.0 Å². The van der Waals surface area contributed by atoms with Crippen molar-refractivity contribution >= 4 is 11.7 Å². The van der Waals surface area contributed by atoms with E-state index in [2.05, 4.69) is 0 Å². The summed E-state index contributed by atoms with van der Waals surface area (Å²) in [6.45, 7) is 0. The van der Waals surface area contributed by atoms with Gasteiger partial charge >= 0.3 is 11.7 Å². The van der Waals surface area contributed by atoms with Gasteiger partial charge in [0.05, 0.1) is 18.0 Å². The molecule has 1 aliphatic rings. The quantitative estimate of drug-likeness (QED) is 0.636. The molecule has 1 aromatic carbocycles. The number of carbonyl (C=O) groups is 1. The molecule has 2 atom stereocenters. The number of carboxylic acids is 1. The summed E-state index contributed by atoms with van der Waals surface area (Å²) in [6.07, 6.45) is 0.580. The predicted molar refractivity (Wildman–Crippen MR) is 58.1 cm³/mol. The minimum absolute atomic E-state index is 0.0535. The highest BCUT2D eigenvalue weighted by atomic mass is 16.6. The lowest BCUT2D eigenvalue weighted by molar-refractivity contribution is -0.385. The molecule has 6 nitrogen and oxygen atoms in total. The average Bonchev–Trinajstić information content (AvgIpc) is 3.08. The molecule has 17 heavy (non-hydrogen) atoms. The van der Waals surface area contributed by atoms with Crippen molar-refractivity contribution in [2.45, 2.75) is 12.3 Å². The molecule has 0 aromatic heterocycles. The van der Waals surface area contributed by atoms with Gasteiger partial charge in [-0.1, -0.05) is 6.07 Å². The number of rotatable bonds is 4. The van der Waals surface area contributed by atoms with Crippen molar-refractivity contribution in [2.75, 3.05) is 7.11 Å². The van der Waals surface area contributed by atoms with Gasteiger partial charge in [0.15, 0.2) is 5.75 Å². The second-order valence-corrected chi connectivity index (χ2v) is 3.98. The molecule has 6 heteroatoms. The van der Waals surface area contributed by atoms with Crippen LogP contribution in [-0.2, 0) is 4.79 Å². The summed E-state index contributed by atoms with van der Waals surface area (Å²) in [5, 5.41) is 19.5. The first-order valence-corrected chi connectivity index (χ1v) is 5.09.